The lowest BCUT2D eigenvalue weighted by molar-refractivity contribution is -0.143. The normalized spacial score (nSPS) is 11.9. The molecule has 1 unspecified atom stereocenters. The van der Waals surface area contributed by atoms with E-state index in [9.17, 15) is 31.9 Å². The van der Waals surface area contributed by atoms with Crippen LogP contribution in [-0.4, -0.2) is 36.9 Å². The van der Waals surface area contributed by atoms with Gasteiger partial charge in [0.25, 0.3) is 5.91 Å². The van der Waals surface area contributed by atoms with Gasteiger partial charge in [0, 0.05) is 30.2 Å². The Kier molecular flexibility index (Phi) is 7.45. The smallest absolute Gasteiger partial charge is 0.434 e. The molecule has 0 saturated carbocycles. The molecule has 4 rings (SSSR count). The first-order chi connectivity index (χ1) is 18.5. The van der Waals surface area contributed by atoms with E-state index in [1.165, 1.54) is 31.3 Å². The van der Waals surface area contributed by atoms with Gasteiger partial charge in [-0.1, -0.05) is 11.8 Å². The van der Waals surface area contributed by atoms with Crippen LogP contribution in [0.4, 0.5) is 33.5 Å². The maximum atomic E-state index is 14.8. The zero-order valence-electron chi connectivity index (χ0n) is 19.8. The molecule has 0 fully saturated rings. The summed E-state index contributed by atoms with van der Waals surface area (Å²) in [5.74, 6) is 0.613. The Morgan fingerprint density at radius 3 is 2.56 bits per heavy atom. The summed E-state index contributed by atoms with van der Waals surface area (Å²) in [4.78, 5) is 20.2. The van der Waals surface area contributed by atoms with Gasteiger partial charge < -0.3 is 20.9 Å². The van der Waals surface area contributed by atoms with Crippen LogP contribution >= 0.6 is 0 Å². The number of benzene rings is 1. The fourth-order valence-corrected chi connectivity index (χ4v) is 3.31. The Hall–Kier alpha value is -5.03. The molecule has 3 aromatic heterocycles. The van der Waals surface area contributed by atoms with E-state index in [-0.39, 0.29) is 33.2 Å². The van der Waals surface area contributed by atoms with Crippen molar-refractivity contribution in [2.24, 2.45) is 0 Å². The number of alkyl halides is 3. The predicted molar refractivity (Wildman–Crippen MR) is 128 cm³/mol. The van der Waals surface area contributed by atoms with Crippen LogP contribution in [-0.2, 0) is 6.18 Å². The van der Waals surface area contributed by atoms with E-state index in [2.05, 4.69) is 32.2 Å². The molecule has 1 aromatic carbocycles. The summed E-state index contributed by atoms with van der Waals surface area (Å²) < 4.78 is 76.1. The van der Waals surface area contributed by atoms with Crippen LogP contribution in [0.1, 0.15) is 28.5 Å². The lowest BCUT2D eigenvalue weighted by Crippen LogP contribution is -2.21. The first-order valence-corrected chi connectivity index (χ1v) is 10.9. The molecule has 14 heteroatoms. The largest absolute Gasteiger partial charge is 0.453 e. The van der Waals surface area contributed by atoms with Gasteiger partial charge in [0.05, 0.1) is 11.8 Å². The summed E-state index contributed by atoms with van der Waals surface area (Å²) in [6.07, 6.45) is -3.14. The highest BCUT2D eigenvalue weighted by atomic mass is 19.4. The number of aliphatic hydroxyl groups is 1. The summed E-state index contributed by atoms with van der Waals surface area (Å²) in [6, 6.07) is 6.54. The minimum Gasteiger partial charge on any atom is -0.453 e. The number of halogens is 5. The lowest BCUT2D eigenvalue weighted by Gasteiger charge is -2.13. The molecule has 4 N–H and O–H groups in total. The number of nitrogens with zero attached hydrogens (tertiary/aromatic N) is 4. The van der Waals surface area contributed by atoms with Gasteiger partial charge >= 0.3 is 6.18 Å². The third-order valence-corrected chi connectivity index (χ3v) is 4.98. The Morgan fingerprint density at radius 1 is 1.13 bits per heavy atom. The average Bonchev–Trinajstić information content (AvgIpc) is 3.31. The summed E-state index contributed by atoms with van der Waals surface area (Å²) in [7, 11) is 0. The van der Waals surface area contributed by atoms with Crippen molar-refractivity contribution in [1.29, 1.82) is 0 Å². The number of hydrogen-bond donors (Lipinski definition) is 3. The summed E-state index contributed by atoms with van der Waals surface area (Å²) in [6.45, 7) is 1.42. The number of aliphatic hydroxyl groups excluding tert-OH is 1. The Bertz CT molecular complexity index is 1610. The van der Waals surface area contributed by atoms with Crippen LogP contribution < -0.4 is 15.8 Å². The van der Waals surface area contributed by atoms with Crippen molar-refractivity contribution in [3.8, 4) is 29.2 Å². The number of aromatic nitrogens is 4. The number of pyridine rings is 2. The fraction of sp³-hybridized carbons (Fsp3) is 0.120. The fourth-order valence-electron chi connectivity index (χ4n) is 3.31. The van der Waals surface area contributed by atoms with Crippen LogP contribution in [0.25, 0.3) is 5.82 Å². The van der Waals surface area contributed by atoms with Gasteiger partial charge in [-0.25, -0.2) is 23.4 Å². The van der Waals surface area contributed by atoms with E-state index >= 15 is 0 Å². The number of nitrogen functional groups attached to an aromatic ring is 1. The number of hydrogen-bond acceptors (Lipinski definition) is 7. The topological polar surface area (TPSA) is 128 Å². The number of nitrogens with two attached hydrogens (primary N) is 1. The van der Waals surface area contributed by atoms with E-state index in [1.807, 2.05) is 0 Å². The Morgan fingerprint density at radius 2 is 1.90 bits per heavy atom. The van der Waals surface area contributed by atoms with Crippen molar-refractivity contribution in [3.63, 3.8) is 0 Å². The van der Waals surface area contributed by atoms with E-state index in [0.29, 0.717) is 6.20 Å². The maximum Gasteiger partial charge on any atom is 0.434 e. The van der Waals surface area contributed by atoms with Gasteiger partial charge in [0.1, 0.15) is 23.2 Å². The third kappa shape index (κ3) is 5.94. The average molecular weight is 544 g/mol. The second-order valence-corrected chi connectivity index (χ2v) is 7.84. The number of amides is 1. The number of rotatable bonds is 5. The monoisotopic (exact) mass is 544 g/mol. The van der Waals surface area contributed by atoms with Crippen molar-refractivity contribution in [3.05, 3.63) is 83.4 Å². The molecule has 4 aromatic rings. The van der Waals surface area contributed by atoms with Gasteiger partial charge in [-0.05, 0) is 31.2 Å². The first-order valence-electron chi connectivity index (χ1n) is 10.9. The lowest BCUT2D eigenvalue weighted by atomic mass is 10.2. The molecule has 0 radical (unpaired) electrons. The zero-order valence-corrected chi connectivity index (χ0v) is 19.8. The summed E-state index contributed by atoms with van der Waals surface area (Å²) in [5, 5.41) is 15.0. The minimum absolute atomic E-state index is 0.0234. The zero-order chi connectivity index (χ0) is 28.3. The van der Waals surface area contributed by atoms with Crippen molar-refractivity contribution in [1.82, 2.24) is 19.7 Å². The summed E-state index contributed by atoms with van der Waals surface area (Å²) in [5.41, 5.74) is 3.17. The van der Waals surface area contributed by atoms with Crippen LogP contribution in [0, 0.1) is 23.5 Å². The molecular formula is C25H17F5N6O3. The Labute approximate surface area is 217 Å². The molecule has 1 amide bonds. The van der Waals surface area contributed by atoms with Crippen molar-refractivity contribution < 1.29 is 36.6 Å². The molecule has 0 aliphatic carbocycles. The van der Waals surface area contributed by atoms with E-state index in [4.69, 9.17) is 10.5 Å². The van der Waals surface area contributed by atoms with Crippen molar-refractivity contribution >= 4 is 17.4 Å². The molecular weight excluding hydrogens is 527 g/mol. The molecule has 9 nitrogen and oxygen atoms in total. The molecule has 3 heterocycles. The van der Waals surface area contributed by atoms with Crippen LogP contribution in [0.3, 0.4) is 0 Å². The highest BCUT2D eigenvalue weighted by Crippen LogP contribution is 2.35. The van der Waals surface area contributed by atoms with Gasteiger partial charge in [-0.15, -0.1) is 0 Å². The molecule has 39 heavy (non-hydrogen) atoms. The number of carbonyl (C=O) groups excluding carboxylic acids is 1. The quantitative estimate of drug-likeness (QED) is 0.252. The molecule has 200 valence electrons. The van der Waals surface area contributed by atoms with Gasteiger partial charge in [0.15, 0.2) is 28.9 Å². The molecule has 1 atom stereocenters. The van der Waals surface area contributed by atoms with E-state index in [1.54, 1.807) is 0 Å². The second kappa shape index (κ2) is 10.8. The maximum absolute atomic E-state index is 14.8. The van der Waals surface area contributed by atoms with Crippen LogP contribution in [0.2, 0.25) is 0 Å². The Balaban J connectivity index is 1.61. The highest BCUT2D eigenvalue weighted by molar-refractivity contribution is 6.05. The van der Waals surface area contributed by atoms with E-state index < -0.39 is 46.9 Å². The number of ether oxygens (including phenoxy) is 1. The highest BCUT2D eigenvalue weighted by Gasteiger charge is 2.41. The molecule has 0 aliphatic rings. The van der Waals surface area contributed by atoms with Crippen molar-refractivity contribution in [2.45, 2.75) is 19.2 Å². The number of anilines is 2. The molecule has 0 saturated heterocycles. The van der Waals surface area contributed by atoms with Gasteiger partial charge in [-0.3, -0.25) is 4.79 Å². The van der Waals surface area contributed by atoms with Gasteiger partial charge in [-0.2, -0.15) is 18.3 Å². The second-order valence-electron chi connectivity index (χ2n) is 7.84. The van der Waals surface area contributed by atoms with Crippen LogP contribution in [0.15, 0.2) is 55.0 Å². The van der Waals surface area contributed by atoms with Crippen LogP contribution in [0.5, 0.6) is 11.5 Å². The predicted octanol–water partition coefficient (Wildman–Crippen LogP) is 4.32. The molecule has 0 spiro atoms. The third-order valence-electron chi connectivity index (χ3n) is 4.98. The summed E-state index contributed by atoms with van der Waals surface area (Å²) >= 11 is 0. The SMILES string of the molecule is CC(O)C#Cc1c(Oc2ccc(NC(=O)c3cnn(-c4ncccc4F)c3C(F)(F)F)cc2F)ccnc1N. The standard InChI is InChI=1S/C25H17F5N6O3/c1-13(37)4-6-15-19(8-10-32-22(15)31)39-20-7-5-14(11-18(20)27)35-24(38)16-12-34-36(21(16)25(28,29)30)23-17(26)3-2-9-33-23/h2-3,5,7-13,37H,1H3,(H2,31,32)(H,35,38). The molecule has 0 bridgehead atoms. The van der Waals surface area contributed by atoms with Gasteiger partial charge in [0.2, 0.25) is 0 Å². The minimum atomic E-state index is -5.11. The number of nitrogens with one attached hydrogen (secondary N) is 1. The molecule has 0 aliphatic heterocycles. The number of carbonyl (C=O) groups is 1. The van der Waals surface area contributed by atoms with E-state index in [0.717, 1.165) is 24.4 Å². The first kappa shape index (κ1) is 27.0. The van der Waals surface area contributed by atoms with Crippen molar-refractivity contribution in [2.75, 3.05) is 11.1 Å².